The molecule has 5 nitrogen and oxygen atoms in total. The van der Waals surface area contributed by atoms with Gasteiger partial charge in [0.15, 0.2) is 5.96 Å². The van der Waals surface area contributed by atoms with E-state index in [0.29, 0.717) is 0 Å². The van der Waals surface area contributed by atoms with Gasteiger partial charge in [0.1, 0.15) is 0 Å². The van der Waals surface area contributed by atoms with Crippen LogP contribution in [0.4, 0.5) is 0 Å². The van der Waals surface area contributed by atoms with E-state index in [1.807, 2.05) is 17.5 Å². The van der Waals surface area contributed by atoms with Crippen molar-refractivity contribution in [2.45, 2.75) is 33.2 Å². The van der Waals surface area contributed by atoms with Gasteiger partial charge in [0.25, 0.3) is 0 Å². The SMILES string of the molecule is CCNC(=NCCc1ncc(CC)s1)N1CCN(Cc2ccccc2)CC1. The third kappa shape index (κ3) is 6.04. The fourth-order valence-electron chi connectivity index (χ4n) is 3.27. The third-order valence-electron chi connectivity index (χ3n) is 4.79. The lowest BCUT2D eigenvalue weighted by Gasteiger charge is -2.36. The van der Waals surface area contributed by atoms with Crippen molar-refractivity contribution in [3.05, 3.63) is 52.0 Å². The van der Waals surface area contributed by atoms with Crippen LogP contribution < -0.4 is 5.32 Å². The van der Waals surface area contributed by atoms with E-state index < -0.39 is 0 Å². The molecule has 27 heavy (non-hydrogen) atoms. The van der Waals surface area contributed by atoms with Gasteiger partial charge < -0.3 is 10.2 Å². The van der Waals surface area contributed by atoms with Crippen LogP contribution in [0.25, 0.3) is 0 Å². The molecule has 1 aromatic heterocycles. The summed E-state index contributed by atoms with van der Waals surface area (Å²) in [5.74, 6) is 1.05. The summed E-state index contributed by atoms with van der Waals surface area (Å²) >= 11 is 1.81. The summed E-state index contributed by atoms with van der Waals surface area (Å²) in [6.45, 7) is 11.2. The highest BCUT2D eigenvalue weighted by Crippen LogP contribution is 2.14. The fraction of sp³-hybridized carbons (Fsp3) is 0.524. The number of nitrogens with zero attached hydrogens (tertiary/aromatic N) is 4. The zero-order valence-electron chi connectivity index (χ0n) is 16.5. The van der Waals surface area contributed by atoms with Crippen molar-refractivity contribution in [1.82, 2.24) is 20.1 Å². The Morgan fingerprint density at radius 3 is 2.59 bits per heavy atom. The second-order valence-electron chi connectivity index (χ2n) is 6.81. The number of rotatable bonds is 7. The minimum atomic E-state index is 0.795. The van der Waals surface area contributed by atoms with E-state index in [2.05, 4.69) is 64.3 Å². The van der Waals surface area contributed by atoms with Crippen molar-refractivity contribution in [3.63, 3.8) is 0 Å². The average molecular weight is 386 g/mol. The number of aliphatic imine (C=N–C) groups is 1. The number of thiazole rings is 1. The van der Waals surface area contributed by atoms with E-state index in [9.17, 15) is 0 Å². The molecule has 146 valence electrons. The largest absolute Gasteiger partial charge is 0.357 e. The quantitative estimate of drug-likeness (QED) is 0.588. The first-order valence-corrected chi connectivity index (χ1v) is 10.8. The van der Waals surface area contributed by atoms with Crippen molar-refractivity contribution >= 4 is 17.3 Å². The number of aromatic nitrogens is 1. The molecule has 1 aliphatic rings. The van der Waals surface area contributed by atoms with Gasteiger partial charge in [0, 0.05) is 63.3 Å². The van der Waals surface area contributed by atoms with Gasteiger partial charge in [0.2, 0.25) is 0 Å². The molecule has 0 unspecified atom stereocenters. The molecule has 6 heteroatoms. The lowest BCUT2D eigenvalue weighted by Crippen LogP contribution is -2.52. The van der Waals surface area contributed by atoms with E-state index in [1.165, 1.54) is 15.4 Å². The predicted molar refractivity (Wildman–Crippen MR) is 114 cm³/mol. The molecule has 0 spiro atoms. The van der Waals surface area contributed by atoms with Crippen LogP contribution in [0.3, 0.4) is 0 Å². The summed E-state index contributed by atoms with van der Waals surface area (Å²) in [7, 11) is 0. The molecule has 1 fully saturated rings. The Labute approximate surface area is 167 Å². The first-order chi connectivity index (χ1) is 13.3. The number of piperazine rings is 1. The number of hydrogen-bond donors (Lipinski definition) is 1. The second-order valence-corrected chi connectivity index (χ2v) is 8.01. The van der Waals surface area contributed by atoms with Gasteiger partial charge in [-0.2, -0.15) is 0 Å². The highest BCUT2D eigenvalue weighted by molar-refractivity contribution is 7.11. The molecule has 1 N–H and O–H groups in total. The zero-order chi connectivity index (χ0) is 18.9. The summed E-state index contributed by atoms with van der Waals surface area (Å²) in [4.78, 5) is 15.6. The van der Waals surface area contributed by atoms with Gasteiger partial charge in [0.05, 0.1) is 5.01 Å². The molecule has 0 amide bonds. The van der Waals surface area contributed by atoms with Gasteiger partial charge in [-0.3, -0.25) is 9.89 Å². The minimum absolute atomic E-state index is 0.795. The van der Waals surface area contributed by atoms with E-state index in [-0.39, 0.29) is 0 Å². The van der Waals surface area contributed by atoms with Crippen molar-refractivity contribution in [1.29, 1.82) is 0 Å². The smallest absolute Gasteiger partial charge is 0.194 e. The molecular weight excluding hydrogens is 354 g/mol. The van der Waals surface area contributed by atoms with Crippen LogP contribution in [0, 0.1) is 0 Å². The van der Waals surface area contributed by atoms with Gasteiger partial charge >= 0.3 is 0 Å². The molecule has 0 saturated carbocycles. The van der Waals surface area contributed by atoms with Crippen LogP contribution in [0.5, 0.6) is 0 Å². The number of nitrogens with one attached hydrogen (secondary N) is 1. The number of aryl methyl sites for hydroxylation is 1. The molecule has 1 saturated heterocycles. The minimum Gasteiger partial charge on any atom is -0.357 e. The zero-order valence-corrected chi connectivity index (χ0v) is 17.3. The summed E-state index contributed by atoms with van der Waals surface area (Å²) in [5, 5.41) is 4.65. The van der Waals surface area contributed by atoms with Crippen molar-refractivity contribution in [2.24, 2.45) is 4.99 Å². The Morgan fingerprint density at radius 1 is 1.15 bits per heavy atom. The Balaban J connectivity index is 1.49. The molecule has 2 aromatic rings. The predicted octanol–water partition coefficient (Wildman–Crippen LogP) is 3.03. The first-order valence-electron chi connectivity index (χ1n) is 10.0. The van der Waals surface area contributed by atoms with Crippen LogP contribution in [-0.2, 0) is 19.4 Å². The van der Waals surface area contributed by atoms with Crippen LogP contribution in [0.1, 0.15) is 29.3 Å². The van der Waals surface area contributed by atoms with E-state index in [0.717, 1.165) is 64.6 Å². The highest BCUT2D eigenvalue weighted by Gasteiger charge is 2.19. The monoisotopic (exact) mass is 385 g/mol. The Bertz CT molecular complexity index is 704. The maximum atomic E-state index is 4.86. The maximum Gasteiger partial charge on any atom is 0.194 e. The molecule has 0 aliphatic carbocycles. The fourth-order valence-corrected chi connectivity index (χ4v) is 4.12. The molecule has 0 atom stereocenters. The third-order valence-corrected chi connectivity index (χ3v) is 5.99. The van der Waals surface area contributed by atoms with E-state index in [4.69, 9.17) is 4.99 Å². The molecule has 1 aliphatic heterocycles. The topological polar surface area (TPSA) is 43.8 Å². The van der Waals surface area contributed by atoms with Crippen LogP contribution in [0.2, 0.25) is 0 Å². The summed E-state index contributed by atoms with van der Waals surface area (Å²) < 4.78 is 0. The molecule has 2 heterocycles. The number of benzene rings is 1. The first kappa shape index (κ1) is 19.8. The van der Waals surface area contributed by atoms with Crippen molar-refractivity contribution in [3.8, 4) is 0 Å². The van der Waals surface area contributed by atoms with Crippen LogP contribution in [0.15, 0.2) is 41.5 Å². The van der Waals surface area contributed by atoms with Gasteiger partial charge in [-0.15, -0.1) is 11.3 Å². The van der Waals surface area contributed by atoms with Crippen molar-refractivity contribution in [2.75, 3.05) is 39.3 Å². The summed E-state index contributed by atoms with van der Waals surface area (Å²) in [6, 6.07) is 10.7. The standard InChI is InChI=1S/C21H31N5S/c1-3-19-16-24-20(27-19)10-11-23-21(22-4-2)26-14-12-25(13-15-26)17-18-8-6-5-7-9-18/h5-9,16H,3-4,10-15,17H2,1-2H3,(H,22,23). The lowest BCUT2D eigenvalue weighted by molar-refractivity contribution is 0.172. The van der Waals surface area contributed by atoms with Crippen molar-refractivity contribution < 1.29 is 0 Å². The Kier molecular flexibility index (Phi) is 7.66. The van der Waals surface area contributed by atoms with Gasteiger partial charge in [-0.25, -0.2) is 4.98 Å². The van der Waals surface area contributed by atoms with E-state index >= 15 is 0 Å². The Hall–Kier alpha value is -1.92. The number of guanidine groups is 1. The van der Waals surface area contributed by atoms with Crippen LogP contribution >= 0.6 is 11.3 Å². The average Bonchev–Trinajstić information content (AvgIpc) is 3.17. The van der Waals surface area contributed by atoms with Gasteiger partial charge in [-0.05, 0) is 18.9 Å². The molecule has 1 aromatic carbocycles. The van der Waals surface area contributed by atoms with Crippen LogP contribution in [-0.4, -0.2) is 60.0 Å². The molecule has 0 bridgehead atoms. The molecule has 3 rings (SSSR count). The second kappa shape index (κ2) is 10.4. The maximum absolute atomic E-state index is 4.86. The molecule has 0 radical (unpaired) electrons. The highest BCUT2D eigenvalue weighted by atomic mass is 32.1. The van der Waals surface area contributed by atoms with E-state index in [1.54, 1.807) is 0 Å². The lowest BCUT2D eigenvalue weighted by atomic mass is 10.2. The molecular formula is C21H31N5S. The normalized spacial score (nSPS) is 15.9. The number of hydrogen-bond acceptors (Lipinski definition) is 4. The summed E-state index contributed by atoms with van der Waals surface area (Å²) in [6.07, 6.45) is 3.99. The Morgan fingerprint density at radius 2 is 1.93 bits per heavy atom. The van der Waals surface area contributed by atoms with Gasteiger partial charge in [-0.1, -0.05) is 37.3 Å². The summed E-state index contributed by atoms with van der Waals surface area (Å²) in [5.41, 5.74) is 1.39.